The van der Waals surface area contributed by atoms with E-state index in [1.165, 1.54) is 5.56 Å². The standard InChI is InChI=1S/C18H23O3P/c1-3-9-15-11-8-14-18(17(15)10-4-2)21-22(19,20)16-12-6-5-7-13-16/h5-8,11-14H,3-4,9-10H2,1-2H3,(H,19,20). The quantitative estimate of drug-likeness (QED) is 0.766. The van der Waals surface area contributed by atoms with Gasteiger partial charge in [0.25, 0.3) is 0 Å². The topological polar surface area (TPSA) is 46.5 Å². The average Bonchev–Trinajstić information content (AvgIpc) is 2.51. The van der Waals surface area contributed by atoms with Crippen LogP contribution in [-0.2, 0) is 17.4 Å². The highest BCUT2D eigenvalue weighted by atomic mass is 31.2. The molecular weight excluding hydrogens is 295 g/mol. The van der Waals surface area contributed by atoms with Crippen LogP contribution in [0.5, 0.6) is 5.75 Å². The van der Waals surface area contributed by atoms with Crippen LogP contribution in [0, 0.1) is 0 Å². The molecule has 0 radical (unpaired) electrons. The van der Waals surface area contributed by atoms with E-state index in [0.717, 1.165) is 31.2 Å². The fraction of sp³-hybridized carbons (Fsp3) is 0.333. The van der Waals surface area contributed by atoms with Crippen LogP contribution in [0.15, 0.2) is 48.5 Å². The van der Waals surface area contributed by atoms with E-state index in [1.807, 2.05) is 12.1 Å². The first-order valence-electron chi connectivity index (χ1n) is 7.77. The lowest BCUT2D eigenvalue weighted by molar-refractivity contribution is 0.391. The van der Waals surface area contributed by atoms with Crippen LogP contribution in [0.4, 0.5) is 0 Å². The minimum atomic E-state index is -3.86. The van der Waals surface area contributed by atoms with Crippen molar-refractivity contribution in [1.29, 1.82) is 0 Å². The van der Waals surface area contributed by atoms with Crippen molar-refractivity contribution in [3.63, 3.8) is 0 Å². The fourth-order valence-corrected chi connectivity index (χ4v) is 3.63. The van der Waals surface area contributed by atoms with Gasteiger partial charge in [-0.05, 0) is 42.2 Å². The molecule has 0 amide bonds. The molecule has 0 aliphatic rings. The lowest BCUT2D eigenvalue weighted by atomic mass is 9.99. The van der Waals surface area contributed by atoms with Crippen LogP contribution in [0.3, 0.4) is 0 Å². The third-order valence-electron chi connectivity index (χ3n) is 3.55. The Morgan fingerprint density at radius 2 is 1.64 bits per heavy atom. The zero-order chi connectivity index (χ0) is 16.0. The Morgan fingerprint density at radius 3 is 2.27 bits per heavy atom. The molecule has 0 fully saturated rings. The zero-order valence-corrected chi connectivity index (χ0v) is 14.1. The molecule has 2 aromatic carbocycles. The molecular formula is C18H23O3P. The van der Waals surface area contributed by atoms with Gasteiger partial charge in [-0.3, -0.25) is 0 Å². The average molecular weight is 318 g/mol. The minimum Gasteiger partial charge on any atom is -0.421 e. The maximum Gasteiger partial charge on any atom is 0.408 e. The number of aryl methyl sites for hydroxylation is 1. The summed E-state index contributed by atoms with van der Waals surface area (Å²) >= 11 is 0. The van der Waals surface area contributed by atoms with Crippen molar-refractivity contribution in [2.75, 3.05) is 0 Å². The predicted octanol–water partition coefficient (Wildman–Crippen LogP) is 4.48. The highest BCUT2D eigenvalue weighted by Crippen LogP contribution is 2.43. The zero-order valence-electron chi connectivity index (χ0n) is 13.2. The van der Waals surface area contributed by atoms with Gasteiger partial charge in [-0.25, -0.2) is 4.57 Å². The van der Waals surface area contributed by atoms with Gasteiger partial charge in [0, 0.05) is 0 Å². The van der Waals surface area contributed by atoms with Gasteiger partial charge >= 0.3 is 7.60 Å². The first kappa shape index (κ1) is 16.8. The first-order chi connectivity index (χ1) is 10.6. The van der Waals surface area contributed by atoms with Gasteiger partial charge in [0.15, 0.2) is 0 Å². The summed E-state index contributed by atoms with van der Waals surface area (Å²) in [7, 11) is -3.86. The Morgan fingerprint density at radius 1 is 0.955 bits per heavy atom. The van der Waals surface area contributed by atoms with Crippen LogP contribution in [0.1, 0.15) is 37.8 Å². The molecule has 2 rings (SSSR count). The summed E-state index contributed by atoms with van der Waals surface area (Å²) in [5, 5.41) is 0.318. The summed E-state index contributed by atoms with van der Waals surface area (Å²) in [6.45, 7) is 4.23. The van der Waals surface area contributed by atoms with E-state index in [4.69, 9.17) is 4.52 Å². The van der Waals surface area contributed by atoms with Gasteiger partial charge in [0.1, 0.15) is 5.75 Å². The Kier molecular flexibility index (Phi) is 5.82. The first-order valence-corrected chi connectivity index (χ1v) is 9.35. The molecule has 4 heteroatoms. The van der Waals surface area contributed by atoms with Crippen molar-refractivity contribution in [2.24, 2.45) is 0 Å². The van der Waals surface area contributed by atoms with Crippen molar-refractivity contribution in [3.05, 3.63) is 59.7 Å². The van der Waals surface area contributed by atoms with Crippen LogP contribution in [-0.4, -0.2) is 4.89 Å². The van der Waals surface area contributed by atoms with Crippen molar-refractivity contribution in [3.8, 4) is 5.75 Å². The summed E-state index contributed by atoms with van der Waals surface area (Å²) in [5.74, 6) is 0.530. The van der Waals surface area contributed by atoms with Gasteiger partial charge in [0.2, 0.25) is 0 Å². The largest absolute Gasteiger partial charge is 0.421 e. The van der Waals surface area contributed by atoms with Crippen LogP contribution >= 0.6 is 7.60 Å². The smallest absolute Gasteiger partial charge is 0.408 e. The van der Waals surface area contributed by atoms with Gasteiger partial charge in [-0.1, -0.05) is 57.0 Å². The molecule has 0 saturated heterocycles. The summed E-state index contributed by atoms with van der Waals surface area (Å²) in [4.78, 5) is 10.3. The van der Waals surface area contributed by atoms with Crippen molar-refractivity contribution in [2.45, 2.75) is 39.5 Å². The summed E-state index contributed by atoms with van der Waals surface area (Å²) < 4.78 is 18.1. The second-order valence-electron chi connectivity index (χ2n) is 5.34. The Bertz CT molecular complexity index is 653. The highest BCUT2D eigenvalue weighted by molar-refractivity contribution is 7.61. The number of benzene rings is 2. The SMILES string of the molecule is CCCc1cccc(OP(=O)(O)c2ccccc2)c1CCC. The van der Waals surface area contributed by atoms with E-state index in [9.17, 15) is 9.46 Å². The van der Waals surface area contributed by atoms with Gasteiger partial charge in [-0.15, -0.1) is 0 Å². The van der Waals surface area contributed by atoms with E-state index in [2.05, 4.69) is 19.9 Å². The third kappa shape index (κ3) is 4.00. The molecule has 0 spiro atoms. The second kappa shape index (κ2) is 7.62. The van der Waals surface area contributed by atoms with Crippen molar-refractivity contribution >= 4 is 12.9 Å². The lowest BCUT2D eigenvalue weighted by Gasteiger charge is -2.18. The Hall–Kier alpha value is -1.57. The molecule has 2 aromatic rings. The Labute approximate surface area is 132 Å². The molecule has 0 bridgehead atoms. The molecule has 0 aromatic heterocycles. The molecule has 1 N–H and O–H groups in total. The maximum atomic E-state index is 12.5. The normalized spacial score (nSPS) is 13.6. The van der Waals surface area contributed by atoms with E-state index in [-0.39, 0.29) is 0 Å². The van der Waals surface area contributed by atoms with Crippen molar-refractivity contribution < 1.29 is 14.0 Å². The minimum absolute atomic E-state index is 0.318. The monoisotopic (exact) mass is 318 g/mol. The van der Waals surface area contributed by atoms with Gasteiger partial charge < -0.3 is 9.42 Å². The molecule has 0 saturated carbocycles. The van der Waals surface area contributed by atoms with Crippen LogP contribution < -0.4 is 9.83 Å². The van der Waals surface area contributed by atoms with Crippen LogP contribution in [0.25, 0.3) is 0 Å². The van der Waals surface area contributed by atoms with Gasteiger partial charge in [-0.2, -0.15) is 0 Å². The molecule has 3 nitrogen and oxygen atoms in total. The molecule has 0 aliphatic heterocycles. The molecule has 0 aliphatic carbocycles. The van der Waals surface area contributed by atoms with E-state index >= 15 is 0 Å². The Balaban J connectivity index is 2.36. The maximum absolute atomic E-state index is 12.5. The highest BCUT2D eigenvalue weighted by Gasteiger charge is 2.25. The number of hydrogen-bond acceptors (Lipinski definition) is 2. The van der Waals surface area contributed by atoms with Gasteiger partial charge in [0.05, 0.1) is 5.30 Å². The number of rotatable bonds is 7. The number of hydrogen-bond donors (Lipinski definition) is 1. The second-order valence-corrected chi connectivity index (χ2v) is 7.08. The molecule has 1 unspecified atom stereocenters. The molecule has 0 heterocycles. The van der Waals surface area contributed by atoms with E-state index in [0.29, 0.717) is 11.1 Å². The van der Waals surface area contributed by atoms with E-state index < -0.39 is 7.60 Å². The predicted molar refractivity (Wildman–Crippen MR) is 91.0 cm³/mol. The fourth-order valence-electron chi connectivity index (χ4n) is 2.54. The molecule has 1 atom stereocenters. The van der Waals surface area contributed by atoms with Crippen LogP contribution in [0.2, 0.25) is 0 Å². The summed E-state index contributed by atoms with van der Waals surface area (Å²) in [5.41, 5.74) is 2.26. The third-order valence-corrected chi connectivity index (χ3v) is 4.95. The summed E-state index contributed by atoms with van der Waals surface area (Å²) in [6.07, 6.45) is 3.81. The van der Waals surface area contributed by atoms with E-state index in [1.54, 1.807) is 30.3 Å². The lowest BCUT2D eigenvalue weighted by Crippen LogP contribution is -2.10. The molecule has 118 valence electrons. The molecule has 22 heavy (non-hydrogen) atoms. The van der Waals surface area contributed by atoms with Crippen molar-refractivity contribution in [1.82, 2.24) is 0 Å². The summed E-state index contributed by atoms with van der Waals surface area (Å²) in [6, 6.07) is 14.3.